The van der Waals surface area contributed by atoms with E-state index >= 15 is 0 Å². The molecule has 3 rings (SSSR count). The minimum atomic E-state index is 1.14. The number of hydrogen-bond acceptors (Lipinski definition) is 2. The van der Waals surface area contributed by atoms with Gasteiger partial charge in [-0.05, 0) is 43.9 Å². The Labute approximate surface area is 102 Å². The maximum atomic E-state index is 4.82. The predicted octanol–water partition coefficient (Wildman–Crippen LogP) is 3.53. The van der Waals surface area contributed by atoms with Crippen LogP contribution in [0.25, 0.3) is 10.9 Å². The lowest BCUT2D eigenvalue weighted by molar-refractivity contribution is 0.574. The summed E-state index contributed by atoms with van der Waals surface area (Å²) < 4.78 is 0. The number of anilines is 1. The molecule has 0 unspecified atom stereocenters. The predicted molar refractivity (Wildman–Crippen MR) is 72.5 cm³/mol. The fraction of sp³-hybridized carbons (Fsp3) is 0.400. The van der Waals surface area contributed by atoms with Crippen LogP contribution in [0.3, 0.4) is 0 Å². The summed E-state index contributed by atoms with van der Waals surface area (Å²) in [4.78, 5) is 7.24. The maximum absolute atomic E-state index is 4.82. The fourth-order valence-corrected chi connectivity index (χ4v) is 2.58. The highest BCUT2D eigenvalue weighted by Crippen LogP contribution is 2.22. The van der Waals surface area contributed by atoms with Crippen LogP contribution in [0.4, 0.5) is 5.82 Å². The Morgan fingerprint density at radius 3 is 2.65 bits per heavy atom. The van der Waals surface area contributed by atoms with E-state index in [1.54, 1.807) is 0 Å². The number of piperidine rings is 1. The van der Waals surface area contributed by atoms with E-state index < -0.39 is 0 Å². The summed E-state index contributed by atoms with van der Waals surface area (Å²) in [6.07, 6.45) is 3.96. The van der Waals surface area contributed by atoms with Gasteiger partial charge >= 0.3 is 0 Å². The number of aryl methyl sites for hydroxylation is 1. The van der Waals surface area contributed by atoms with Crippen LogP contribution in [0.2, 0.25) is 0 Å². The molecule has 1 aliphatic rings. The fourth-order valence-electron chi connectivity index (χ4n) is 2.58. The van der Waals surface area contributed by atoms with Crippen molar-refractivity contribution in [3.05, 3.63) is 35.9 Å². The zero-order valence-electron chi connectivity index (χ0n) is 10.3. The molecule has 0 saturated carbocycles. The summed E-state index contributed by atoms with van der Waals surface area (Å²) in [5, 5.41) is 1.24. The zero-order chi connectivity index (χ0) is 11.7. The average molecular weight is 226 g/mol. The molecule has 1 aliphatic heterocycles. The van der Waals surface area contributed by atoms with Gasteiger partial charge in [-0.15, -0.1) is 0 Å². The molecule has 0 spiro atoms. The first-order valence-corrected chi connectivity index (χ1v) is 6.46. The van der Waals surface area contributed by atoms with Crippen LogP contribution in [-0.4, -0.2) is 18.1 Å². The van der Waals surface area contributed by atoms with Crippen LogP contribution in [0.15, 0.2) is 30.3 Å². The van der Waals surface area contributed by atoms with Gasteiger partial charge in [-0.3, -0.25) is 0 Å². The molecule has 0 radical (unpaired) electrons. The third-order valence-corrected chi connectivity index (χ3v) is 3.59. The molecule has 88 valence electrons. The molecular weight excluding hydrogens is 208 g/mol. The van der Waals surface area contributed by atoms with Crippen LogP contribution in [0.5, 0.6) is 0 Å². The lowest BCUT2D eigenvalue weighted by Crippen LogP contribution is -2.30. The normalized spacial score (nSPS) is 16.4. The third kappa shape index (κ3) is 1.99. The Balaban J connectivity index is 2.03. The van der Waals surface area contributed by atoms with Crippen molar-refractivity contribution in [1.29, 1.82) is 0 Å². The van der Waals surface area contributed by atoms with Gasteiger partial charge in [0.25, 0.3) is 0 Å². The number of para-hydroxylation sites is 1. The molecule has 1 saturated heterocycles. The van der Waals surface area contributed by atoms with Crippen LogP contribution in [0.1, 0.15) is 24.8 Å². The Morgan fingerprint density at radius 2 is 1.82 bits per heavy atom. The number of fused-ring (bicyclic) bond motifs is 1. The lowest BCUT2D eigenvalue weighted by atomic mass is 10.1. The molecule has 2 heteroatoms. The molecular formula is C15H18N2. The molecule has 0 amide bonds. The minimum absolute atomic E-state index is 1.14. The van der Waals surface area contributed by atoms with Crippen molar-refractivity contribution in [3.8, 4) is 0 Å². The van der Waals surface area contributed by atoms with E-state index in [2.05, 4.69) is 42.2 Å². The quantitative estimate of drug-likeness (QED) is 0.739. The van der Waals surface area contributed by atoms with Crippen molar-refractivity contribution in [2.24, 2.45) is 0 Å². The first kappa shape index (κ1) is 10.6. The number of rotatable bonds is 1. The highest BCUT2D eigenvalue weighted by molar-refractivity contribution is 5.83. The van der Waals surface area contributed by atoms with Gasteiger partial charge < -0.3 is 4.90 Å². The first-order chi connectivity index (χ1) is 8.34. The topological polar surface area (TPSA) is 16.1 Å². The molecule has 0 N–H and O–H groups in total. The van der Waals surface area contributed by atoms with Crippen molar-refractivity contribution < 1.29 is 0 Å². The van der Waals surface area contributed by atoms with Crippen LogP contribution < -0.4 is 4.90 Å². The molecule has 17 heavy (non-hydrogen) atoms. The standard InChI is InChI=1S/C15H18N2/c1-12-6-5-7-13-8-9-14(16-15(12)13)17-10-3-2-4-11-17/h5-9H,2-4,10-11H2,1H3. The Kier molecular flexibility index (Phi) is 2.71. The molecule has 0 aliphatic carbocycles. The number of aromatic nitrogens is 1. The highest BCUT2D eigenvalue weighted by Gasteiger charge is 2.12. The summed E-state index contributed by atoms with van der Waals surface area (Å²) in [5.74, 6) is 1.14. The molecule has 2 aromatic rings. The molecule has 1 aromatic heterocycles. The van der Waals surface area contributed by atoms with E-state index in [0.717, 1.165) is 24.4 Å². The van der Waals surface area contributed by atoms with Crippen molar-refractivity contribution >= 4 is 16.7 Å². The number of hydrogen-bond donors (Lipinski definition) is 0. The van der Waals surface area contributed by atoms with Crippen molar-refractivity contribution in [1.82, 2.24) is 4.98 Å². The van der Waals surface area contributed by atoms with E-state index in [-0.39, 0.29) is 0 Å². The van der Waals surface area contributed by atoms with E-state index in [0.29, 0.717) is 0 Å². The van der Waals surface area contributed by atoms with Gasteiger partial charge in [-0.25, -0.2) is 4.98 Å². The van der Waals surface area contributed by atoms with E-state index in [1.807, 2.05) is 0 Å². The summed E-state index contributed by atoms with van der Waals surface area (Å²) in [5.41, 5.74) is 2.41. The molecule has 0 bridgehead atoms. The van der Waals surface area contributed by atoms with Crippen LogP contribution in [0, 0.1) is 6.92 Å². The molecule has 0 atom stereocenters. The van der Waals surface area contributed by atoms with Gasteiger partial charge in [-0.1, -0.05) is 18.2 Å². The van der Waals surface area contributed by atoms with E-state index in [1.165, 1.54) is 30.2 Å². The van der Waals surface area contributed by atoms with E-state index in [9.17, 15) is 0 Å². The molecule has 2 heterocycles. The highest BCUT2D eigenvalue weighted by atomic mass is 15.2. The van der Waals surface area contributed by atoms with Crippen molar-refractivity contribution in [2.45, 2.75) is 26.2 Å². The number of pyridine rings is 1. The summed E-state index contributed by atoms with van der Waals surface area (Å²) in [6, 6.07) is 10.7. The zero-order valence-corrected chi connectivity index (χ0v) is 10.3. The van der Waals surface area contributed by atoms with Gasteiger partial charge in [0.1, 0.15) is 5.82 Å². The monoisotopic (exact) mass is 226 g/mol. The van der Waals surface area contributed by atoms with E-state index in [4.69, 9.17) is 4.98 Å². The summed E-state index contributed by atoms with van der Waals surface area (Å²) >= 11 is 0. The maximum Gasteiger partial charge on any atom is 0.129 e. The second-order valence-electron chi connectivity index (χ2n) is 4.86. The van der Waals surface area contributed by atoms with Crippen molar-refractivity contribution in [3.63, 3.8) is 0 Å². The molecule has 1 fully saturated rings. The lowest BCUT2D eigenvalue weighted by Gasteiger charge is -2.27. The molecule has 2 nitrogen and oxygen atoms in total. The Bertz CT molecular complexity index is 527. The summed E-state index contributed by atoms with van der Waals surface area (Å²) in [6.45, 7) is 4.45. The second-order valence-corrected chi connectivity index (χ2v) is 4.86. The SMILES string of the molecule is Cc1cccc2ccc(N3CCCCC3)nc12. The van der Waals surface area contributed by atoms with Gasteiger partial charge in [-0.2, -0.15) is 0 Å². The van der Waals surface area contributed by atoms with Gasteiger partial charge in [0.15, 0.2) is 0 Å². The van der Waals surface area contributed by atoms with Crippen LogP contribution >= 0.6 is 0 Å². The van der Waals surface area contributed by atoms with Gasteiger partial charge in [0, 0.05) is 18.5 Å². The average Bonchev–Trinajstić information content (AvgIpc) is 2.40. The first-order valence-electron chi connectivity index (χ1n) is 6.46. The Hall–Kier alpha value is -1.57. The van der Waals surface area contributed by atoms with Crippen LogP contribution in [-0.2, 0) is 0 Å². The Morgan fingerprint density at radius 1 is 1.00 bits per heavy atom. The largest absolute Gasteiger partial charge is 0.357 e. The minimum Gasteiger partial charge on any atom is -0.357 e. The second kappa shape index (κ2) is 4.36. The number of benzene rings is 1. The van der Waals surface area contributed by atoms with Gasteiger partial charge in [0.2, 0.25) is 0 Å². The number of nitrogens with zero attached hydrogens (tertiary/aromatic N) is 2. The van der Waals surface area contributed by atoms with Gasteiger partial charge in [0.05, 0.1) is 5.52 Å². The third-order valence-electron chi connectivity index (χ3n) is 3.59. The van der Waals surface area contributed by atoms with Crippen molar-refractivity contribution in [2.75, 3.05) is 18.0 Å². The summed E-state index contributed by atoms with van der Waals surface area (Å²) in [7, 11) is 0. The smallest absolute Gasteiger partial charge is 0.129 e. The molecule has 1 aromatic carbocycles.